The van der Waals surface area contributed by atoms with E-state index < -0.39 is 24.3 Å². The Morgan fingerprint density at radius 2 is 1.81 bits per heavy atom. The van der Waals surface area contributed by atoms with Gasteiger partial charge in [-0.15, -0.1) is 0 Å². The Labute approximate surface area is 254 Å². The SMILES string of the molecule is CCOc1cc([C@@H]2NC(=O)NC(C)=C2C(=O)OC)ccc1OC[C@H](O)N/N=C\c1ccc(OCc2ccc(Cl)cc2)cc1. The molecule has 226 valence electrons. The van der Waals surface area contributed by atoms with E-state index in [0.717, 1.165) is 11.1 Å². The van der Waals surface area contributed by atoms with Crippen LogP contribution in [-0.2, 0) is 16.1 Å². The average molecular weight is 609 g/mol. The minimum absolute atomic E-state index is 0.134. The number of hydrazone groups is 1. The smallest absolute Gasteiger partial charge is 0.337 e. The van der Waals surface area contributed by atoms with Crippen LogP contribution in [0.1, 0.15) is 36.6 Å². The molecule has 0 fully saturated rings. The van der Waals surface area contributed by atoms with Crippen LogP contribution in [0.2, 0.25) is 5.02 Å². The number of methoxy groups -OCH3 is 1. The van der Waals surface area contributed by atoms with Crippen molar-refractivity contribution in [3.05, 3.63) is 99.7 Å². The topological polar surface area (TPSA) is 140 Å². The van der Waals surface area contributed by atoms with Crippen molar-refractivity contribution < 1.29 is 33.6 Å². The van der Waals surface area contributed by atoms with Gasteiger partial charge in [0.2, 0.25) is 0 Å². The molecule has 3 aromatic carbocycles. The molecule has 1 aliphatic rings. The van der Waals surface area contributed by atoms with Crippen LogP contribution < -0.4 is 30.3 Å². The van der Waals surface area contributed by atoms with Crippen molar-refractivity contribution >= 4 is 29.8 Å². The molecule has 1 heterocycles. The van der Waals surface area contributed by atoms with Crippen molar-refractivity contribution in [2.75, 3.05) is 20.3 Å². The maximum atomic E-state index is 12.4. The predicted octanol–water partition coefficient (Wildman–Crippen LogP) is 4.44. The standard InChI is InChI=1S/C31H33ClN4O7/c1-4-41-26-15-22(29-28(30(38)40-3)19(2)34-31(39)35-29)9-14-25(26)43-18-27(37)36-33-16-20-7-12-24(13-8-20)42-17-21-5-10-23(32)11-6-21/h5-16,27,29,36-37H,4,17-18H2,1-3H3,(H2,34,35,39)/b33-16-/t27-,29-/m0/s1. The number of amides is 2. The maximum absolute atomic E-state index is 12.4. The van der Waals surface area contributed by atoms with Gasteiger partial charge in [0.05, 0.1) is 31.5 Å². The molecule has 0 saturated heterocycles. The lowest BCUT2D eigenvalue weighted by Crippen LogP contribution is -2.45. The highest BCUT2D eigenvalue weighted by atomic mass is 35.5. The van der Waals surface area contributed by atoms with Gasteiger partial charge in [-0.25, -0.2) is 9.59 Å². The first-order chi connectivity index (χ1) is 20.8. The molecule has 0 radical (unpaired) electrons. The highest BCUT2D eigenvalue weighted by molar-refractivity contribution is 6.30. The van der Waals surface area contributed by atoms with Crippen LogP contribution in [0.5, 0.6) is 17.2 Å². The van der Waals surface area contributed by atoms with Crippen LogP contribution >= 0.6 is 11.6 Å². The third kappa shape index (κ3) is 8.63. The number of ether oxygens (including phenoxy) is 4. The molecule has 0 aromatic heterocycles. The van der Waals surface area contributed by atoms with E-state index in [9.17, 15) is 14.7 Å². The number of nitrogens with one attached hydrogen (secondary N) is 3. The number of hydrogen-bond donors (Lipinski definition) is 4. The van der Waals surface area contributed by atoms with Gasteiger partial charge in [0.25, 0.3) is 0 Å². The molecule has 0 aliphatic carbocycles. The average Bonchev–Trinajstić information content (AvgIpc) is 3.00. The van der Waals surface area contributed by atoms with Crippen molar-refractivity contribution in [3.8, 4) is 17.2 Å². The van der Waals surface area contributed by atoms with Gasteiger partial charge in [-0.1, -0.05) is 29.8 Å². The van der Waals surface area contributed by atoms with Crippen molar-refractivity contribution in [1.82, 2.24) is 16.1 Å². The van der Waals surface area contributed by atoms with Gasteiger partial charge in [0.15, 0.2) is 17.7 Å². The monoisotopic (exact) mass is 608 g/mol. The van der Waals surface area contributed by atoms with Gasteiger partial charge in [0, 0.05) is 10.7 Å². The van der Waals surface area contributed by atoms with Gasteiger partial charge >= 0.3 is 12.0 Å². The molecule has 0 unspecified atom stereocenters. The summed E-state index contributed by atoms with van der Waals surface area (Å²) in [6.07, 6.45) is 0.446. The molecule has 2 amide bonds. The second kappa shape index (κ2) is 14.9. The van der Waals surface area contributed by atoms with Gasteiger partial charge in [-0.3, -0.25) is 5.43 Å². The molecular weight excluding hydrogens is 576 g/mol. The van der Waals surface area contributed by atoms with E-state index in [1.165, 1.54) is 7.11 Å². The Morgan fingerprint density at radius 3 is 2.51 bits per heavy atom. The largest absolute Gasteiger partial charge is 0.490 e. The zero-order valence-corrected chi connectivity index (χ0v) is 24.7. The van der Waals surface area contributed by atoms with E-state index >= 15 is 0 Å². The number of allylic oxidation sites excluding steroid dienone is 1. The van der Waals surface area contributed by atoms with E-state index in [1.54, 1.807) is 31.3 Å². The number of carbonyl (C=O) groups is 2. The third-order valence-corrected chi connectivity index (χ3v) is 6.56. The lowest BCUT2D eigenvalue weighted by molar-refractivity contribution is -0.136. The summed E-state index contributed by atoms with van der Waals surface area (Å²) in [5, 5.41) is 20.4. The van der Waals surface area contributed by atoms with E-state index in [0.29, 0.717) is 46.7 Å². The molecule has 4 N–H and O–H groups in total. The summed E-state index contributed by atoms with van der Waals surface area (Å²) < 4.78 is 22.2. The highest BCUT2D eigenvalue weighted by Gasteiger charge is 2.32. The maximum Gasteiger partial charge on any atom is 0.337 e. The molecule has 1 aliphatic heterocycles. The second-order valence-electron chi connectivity index (χ2n) is 9.40. The fourth-order valence-electron chi connectivity index (χ4n) is 4.22. The first-order valence-corrected chi connectivity index (χ1v) is 13.8. The molecule has 43 heavy (non-hydrogen) atoms. The second-order valence-corrected chi connectivity index (χ2v) is 9.84. The summed E-state index contributed by atoms with van der Waals surface area (Å²) in [6, 6.07) is 18.6. The number of benzene rings is 3. The molecule has 0 spiro atoms. The third-order valence-electron chi connectivity index (χ3n) is 6.31. The Hall–Kier alpha value is -4.74. The van der Waals surface area contributed by atoms with Gasteiger partial charge in [-0.2, -0.15) is 5.10 Å². The molecular formula is C31H33ClN4O7. The Kier molecular flexibility index (Phi) is 10.8. The van der Waals surface area contributed by atoms with Gasteiger partial charge in [-0.05, 0) is 79.1 Å². The summed E-state index contributed by atoms with van der Waals surface area (Å²) in [5.41, 5.74) is 5.69. The van der Waals surface area contributed by atoms with E-state index in [-0.39, 0.29) is 12.2 Å². The van der Waals surface area contributed by atoms with Crippen molar-refractivity contribution in [2.24, 2.45) is 5.10 Å². The minimum Gasteiger partial charge on any atom is -0.490 e. The fraction of sp³-hybridized carbons (Fsp3) is 0.258. The first-order valence-electron chi connectivity index (χ1n) is 13.5. The van der Waals surface area contributed by atoms with Crippen LogP contribution in [-0.4, -0.2) is 49.9 Å². The van der Waals surface area contributed by atoms with E-state index in [1.807, 2.05) is 55.5 Å². The molecule has 2 atom stereocenters. The van der Waals surface area contributed by atoms with Crippen LogP contribution in [0.15, 0.2) is 83.1 Å². The van der Waals surface area contributed by atoms with Crippen LogP contribution in [0.4, 0.5) is 4.79 Å². The molecule has 4 rings (SSSR count). The van der Waals surface area contributed by atoms with Crippen molar-refractivity contribution in [1.29, 1.82) is 0 Å². The zero-order chi connectivity index (χ0) is 30.8. The van der Waals surface area contributed by atoms with Crippen molar-refractivity contribution in [3.63, 3.8) is 0 Å². The minimum atomic E-state index is -1.12. The Bertz CT molecular complexity index is 1480. The summed E-state index contributed by atoms with van der Waals surface area (Å²) >= 11 is 5.91. The number of carbonyl (C=O) groups excluding carboxylic acids is 2. The number of urea groups is 1. The quantitative estimate of drug-likeness (QED) is 0.0967. The highest BCUT2D eigenvalue weighted by Crippen LogP contribution is 2.35. The zero-order valence-electron chi connectivity index (χ0n) is 23.9. The Morgan fingerprint density at radius 1 is 1.07 bits per heavy atom. The van der Waals surface area contributed by atoms with E-state index in [2.05, 4.69) is 21.2 Å². The number of nitrogens with zero attached hydrogens (tertiary/aromatic N) is 1. The normalized spacial score (nSPS) is 15.4. The molecule has 0 saturated carbocycles. The summed E-state index contributed by atoms with van der Waals surface area (Å²) in [5.74, 6) is 0.884. The van der Waals surface area contributed by atoms with Crippen LogP contribution in [0, 0.1) is 0 Å². The fourth-order valence-corrected chi connectivity index (χ4v) is 4.34. The predicted molar refractivity (Wildman–Crippen MR) is 161 cm³/mol. The number of esters is 1. The number of aliphatic hydroxyl groups is 1. The van der Waals surface area contributed by atoms with E-state index in [4.69, 9.17) is 30.5 Å². The van der Waals surface area contributed by atoms with Crippen LogP contribution in [0.3, 0.4) is 0 Å². The number of rotatable bonds is 13. The lowest BCUT2D eigenvalue weighted by atomic mass is 9.95. The summed E-state index contributed by atoms with van der Waals surface area (Å²) in [4.78, 5) is 24.5. The van der Waals surface area contributed by atoms with Gasteiger partial charge < -0.3 is 34.7 Å². The molecule has 12 heteroatoms. The number of hydrogen-bond acceptors (Lipinski definition) is 9. The van der Waals surface area contributed by atoms with Crippen LogP contribution in [0.25, 0.3) is 0 Å². The summed E-state index contributed by atoms with van der Waals surface area (Å²) in [7, 11) is 1.28. The summed E-state index contributed by atoms with van der Waals surface area (Å²) in [6.45, 7) is 4.07. The lowest BCUT2D eigenvalue weighted by Gasteiger charge is -2.28. The number of halogens is 1. The van der Waals surface area contributed by atoms with Gasteiger partial charge in [0.1, 0.15) is 19.0 Å². The Balaban J connectivity index is 1.32. The molecule has 0 bridgehead atoms. The molecule has 3 aromatic rings. The first kappa shape index (κ1) is 31.2. The van der Waals surface area contributed by atoms with Crippen molar-refractivity contribution in [2.45, 2.75) is 32.7 Å². The number of aliphatic hydroxyl groups excluding tert-OH is 1. The molecule has 11 nitrogen and oxygen atoms in total.